The maximum Gasteiger partial charge on any atom is 0.102 e. The number of hydrogen-bond acceptors (Lipinski definition) is 3. The van der Waals surface area contributed by atoms with Crippen molar-refractivity contribution in [3.8, 4) is 6.07 Å². The highest BCUT2D eigenvalue weighted by molar-refractivity contribution is 5.61. The summed E-state index contributed by atoms with van der Waals surface area (Å²) in [6, 6.07) is 10.1. The number of nitriles is 1. The van der Waals surface area contributed by atoms with Crippen LogP contribution >= 0.6 is 0 Å². The molecule has 17 heavy (non-hydrogen) atoms. The van der Waals surface area contributed by atoms with Crippen LogP contribution in [0, 0.1) is 18.3 Å². The van der Waals surface area contributed by atoms with Gasteiger partial charge in [0.2, 0.25) is 0 Å². The summed E-state index contributed by atoms with van der Waals surface area (Å²) in [5, 5.41) is 12.5. The van der Waals surface area contributed by atoms with E-state index in [0.717, 1.165) is 16.8 Å². The maximum atomic E-state index is 9.13. The molecule has 1 heterocycles. The Morgan fingerprint density at radius 2 is 2.18 bits per heavy atom. The van der Waals surface area contributed by atoms with Gasteiger partial charge >= 0.3 is 0 Å². The molecule has 1 aromatic carbocycles. The molecule has 0 spiro atoms. The third-order valence-corrected chi connectivity index (χ3v) is 2.80. The smallest absolute Gasteiger partial charge is 0.102 e. The number of anilines is 1. The zero-order chi connectivity index (χ0) is 12.3. The highest BCUT2D eigenvalue weighted by Crippen LogP contribution is 2.24. The van der Waals surface area contributed by atoms with Crippen LogP contribution in [0.3, 0.4) is 0 Å². The molecule has 2 aromatic rings. The zero-order valence-electron chi connectivity index (χ0n) is 9.90. The third-order valence-electron chi connectivity index (χ3n) is 2.80. The SMILES string of the molecule is Cc1cccc(NC(C)c2ccoc2)c1C#N. The fourth-order valence-corrected chi connectivity index (χ4v) is 1.77. The van der Waals surface area contributed by atoms with Gasteiger partial charge in [0.05, 0.1) is 29.8 Å². The highest BCUT2D eigenvalue weighted by Gasteiger charge is 2.10. The van der Waals surface area contributed by atoms with Gasteiger partial charge in [0.15, 0.2) is 0 Å². The molecule has 0 aliphatic carbocycles. The molecule has 0 aliphatic heterocycles. The molecule has 1 unspecified atom stereocenters. The predicted octanol–water partition coefficient (Wildman–Crippen LogP) is 3.63. The van der Waals surface area contributed by atoms with Gasteiger partial charge < -0.3 is 9.73 Å². The second kappa shape index (κ2) is 4.75. The molecule has 0 aliphatic rings. The average Bonchev–Trinajstić information content (AvgIpc) is 2.82. The Kier molecular flexibility index (Phi) is 3.15. The molecule has 0 amide bonds. The normalized spacial score (nSPS) is 11.8. The lowest BCUT2D eigenvalue weighted by Gasteiger charge is -2.15. The van der Waals surface area contributed by atoms with E-state index in [-0.39, 0.29) is 6.04 Å². The summed E-state index contributed by atoms with van der Waals surface area (Å²) in [6.45, 7) is 3.97. The van der Waals surface area contributed by atoms with Crippen LogP contribution in [0.25, 0.3) is 0 Å². The van der Waals surface area contributed by atoms with Crippen LogP contribution in [0.2, 0.25) is 0 Å². The van der Waals surface area contributed by atoms with E-state index in [9.17, 15) is 0 Å². The number of furan rings is 1. The van der Waals surface area contributed by atoms with E-state index in [1.54, 1.807) is 12.5 Å². The van der Waals surface area contributed by atoms with Crippen molar-refractivity contribution in [2.45, 2.75) is 19.9 Å². The standard InChI is InChI=1S/C14H14N2O/c1-10-4-3-5-14(13(10)8-15)16-11(2)12-6-7-17-9-12/h3-7,9,11,16H,1-2H3. The molecular formula is C14H14N2O. The minimum atomic E-state index is 0.114. The van der Waals surface area contributed by atoms with Gasteiger partial charge in [0, 0.05) is 5.56 Å². The molecule has 0 radical (unpaired) electrons. The van der Waals surface area contributed by atoms with E-state index in [1.165, 1.54) is 0 Å². The molecule has 2 rings (SSSR count). The van der Waals surface area contributed by atoms with Crippen molar-refractivity contribution < 1.29 is 4.42 Å². The van der Waals surface area contributed by atoms with Gasteiger partial charge in [0.25, 0.3) is 0 Å². The minimum Gasteiger partial charge on any atom is -0.472 e. The summed E-state index contributed by atoms with van der Waals surface area (Å²) in [5.41, 5.74) is 3.61. The van der Waals surface area contributed by atoms with Crippen LogP contribution in [-0.4, -0.2) is 0 Å². The summed E-state index contributed by atoms with van der Waals surface area (Å²) in [6.07, 6.45) is 3.36. The summed E-state index contributed by atoms with van der Waals surface area (Å²) < 4.78 is 5.05. The van der Waals surface area contributed by atoms with Crippen molar-refractivity contribution in [3.63, 3.8) is 0 Å². The Balaban J connectivity index is 2.25. The fourth-order valence-electron chi connectivity index (χ4n) is 1.77. The van der Waals surface area contributed by atoms with Crippen molar-refractivity contribution in [2.24, 2.45) is 0 Å². The molecule has 86 valence electrons. The molecular weight excluding hydrogens is 212 g/mol. The van der Waals surface area contributed by atoms with E-state index in [2.05, 4.69) is 11.4 Å². The van der Waals surface area contributed by atoms with E-state index >= 15 is 0 Å². The Labute approximate surface area is 101 Å². The first-order chi connectivity index (χ1) is 8.22. The van der Waals surface area contributed by atoms with Gasteiger partial charge in [-0.2, -0.15) is 5.26 Å². The second-order valence-electron chi connectivity index (χ2n) is 4.03. The maximum absolute atomic E-state index is 9.13. The number of rotatable bonds is 3. The first-order valence-electron chi connectivity index (χ1n) is 5.50. The highest BCUT2D eigenvalue weighted by atomic mass is 16.3. The lowest BCUT2D eigenvalue weighted by molar-refractivity contribution is 0.562. The molecule has 1 atom stereocenters. The van der Waals surface area contributed by atoms with Crippen molar-refractivity contribution >= 4 is 5.69 Å². The van der Waals surface area contributed by atoms with Crippen molar-refractivity contribution in [1.82, 2.24) is 0 Å². The quantitative estimate of drug-likeness (QED) is 0.869. The molecule has 0 bridgehead atoms. The number of benzene rings is 1. The number of nitrogens with one attached hydrogen (secondary N) is 1. The predicted molar refractivity (Wildman–Crippen MR) is 66.6 cm³/mol. The van der Waals surface area contributed by atoms with Crippen LogP contribution in [0.4, 0.5) is 5.69 Å². The van der Waals surface area contributed by atoms with Crippen molar-refractivity contribution in [3.05, 3.63) is 53.5 Å². The Morgan fingerprint density at radius 1 is 1.35 bits per heavy atom. The van der Waals surface area contributed by atoms with Crippen LogP contribution in [0.1, 0.15) is 29.7 Å². The molecule has 0 saturated heterocycles. The van der Waals surface area contributed by atoms with E-state index in [0.29, 0.717) is 5.56 Å². The van der Waals surface area contributed by atoms with Gasteiger partial charge in [-0.3, -0.25) is 0 Å². The van der Waals surface area contributed by atoms with Crippen LogP contribution < -0.4 is 5.32 Å². The molecule has 1 aromatic heterocycles. The molecule has 0 fully saturated rings. The first-order valence-corrected chi connectivity index (χ1v) is 5.50. The Morgan fingerprint density at radius 3 is 2.82 bits per heavy atom. The topological polar surface area (TPSA) is 49.0 Å². The number of aryl methyl sites for hydroxylation is 1. The van der Waals surface area contributed by atoms with Gasteiger partial charge in [0.1, 0.15) is 6.07 Å². The zero-order valence-corrected chi connectivity index (χ0v) is 9.90. The monoisotopic (exact) mass is 226 g/mol. The van der Waals surface area contributed by atoms with Gasteiger partial charge in [-0.1, -0.05) is 12.1 Å². The largest absolute Gasteiger partial charge is 0.472 e. The average molecular weight is 226 g/mol. The van der Waals surface area contributed by atoms with Crippen LogP contribution in [-0.2, 0) is 0 Å². The molecule has 3 heteroatoms. The summed E-state index contributed by atoms with van der Waals surface area (Å²) in [4.78, 5) is 0. The number of nitrogens with zero attached hydrogens (tertiary/aromatic N) is 1. The van der Waals surface area contributed by atoms with E-state index < -0.39 is 0 Å². The minimum absolute atomic E-state index is 0.114. The number of hydrogen-bond donors (Lipinski definition) is 1. The lowest BCUT2D eigenvalue weighted by atomic mass is 10.1. The summed E-state index contributed by atoms with van der Waals surface area (Å²) in [7, 11) is 0. The van der Waals surface area contributed by atoms with Crippen LogP contribution in [0.15, 0.2) is 41.2 Å². The summed E-state index contributed by atoms with van der Waals surface area (Å²) >= 11 is 0. The van der Waals surface area contributed by atoms with Crippen LogP contribution in [0.5, 0.6) is 0 Å². The van der Waals surface area contributed by atoms with Crippen molar-refractivity contribution in [2.75, 3.05) is 5.32 Å². The Bertz CT molecular complexity index is 538. The van der Waals surface area contributed by atoms with Gasteiger partial charge in [-0.25, -0.2) is 0 Å². The van der Waals surface area contributed by atoms with Gasteiger partial charge in [-0.05, 0) is 31.5 Å². The fraction of sp³-hybridized carbons (Fsp3) is 0.214. The lowest BCUT2D eigenvalue weighted by Crippen LogP contribution is -2.07. The molecule has 1 N–H and O–H groups in total. The van der Waals surface area contributed by atoms with Crippen molar-refractivity contribution in [1.29, 1.82) is 5.26 Å². The van der Waals surface area contributed by atoms with Gasteiger partial charge in [-0.15, -0.1) is 0 Å². The first kappa shape index (κ1) is 11.3. The second-order valence-corrected chi connectivity index (χ2v) is 4.03. The van der Waals surface area contributed by atoms with E-state index in [4.69, 9.17) is 9.68 Å². The summed E-state index contributed by atoms with van der Waals surface area (Å²) in [5.74, 6) is 0. The third kappa shape index (κ3) is 2.31. The molecule has 3 nitrogen and oxygen atoms in total. The molecule has 0 saturated carbocycles. The Hall–Kier alpha value is -2.21. The van der Waals surface area contributed by atoms with E-state index in [1.807, 2.05) is 38.1 Å².